The predicted octanol–water partition coefficient (Wildman–Crippen LogP) is 1.43. The molecule has 0 aromatic carbocycles. The monoisotopic (exact) mass is 327 g/mol. The fourth-order valence-electron chi connectivity index (χ4n) is 1.95. The molecule has 0 aromatic rings. The molecule has 0 rings (SSSR count). The summed E-state index contributed by atoms with van der Waals surface area (Å²) in [5.41, 5.74) is 4.50. The third-order valence-corrected chi connectivity index (χ3v) is 3.89. The van der Waals surface area contributed by atoms with Gasteiger partial charge in [0, 0.05) is 37.0 Å². The SMILES string of the molecule is CN(CCN(CCCC(=O)C(N)=O)C(=O)C(C)(C)C)C(C)(C)C. The molecule has 0 aliphatic heterocycles. The molecule has 0 aliphatic carbocycles. The van der Waals surface area contributed by atoms with E-state index in [1.807, 2.05) is 27.8 Å². The Morgan fingerprint density at radius 2 is 1.43 bits per heavy atom. The molecule has 0 spiro atoms. The molecule has 0 fully saturated rings. The van der Waals surface area contributed by atoms with E-state index in [-0.39, 0.29) is 17.9 Å². The minimum absolute atomic E-state index is 0.0262. The quantitative estimate of drug-likeness (QED) is 0.684. The minimum Gasteiger partial charge on any atom is -0.363 e. The van der Waals surface area contributed by atoms with E-state index < -0.39 is 17.1 Å². The van der Waals surface area contributed by atoms with Crippen LogP contribution < -0.4 is 5.73 Å². The molecular weight excluding hydrogens is 294 g/mol. The molecule has 0 unspecified atom stereocenters. The summed E-state index contributed by atoms with van der Waals surface area (Å²) in [4.78, 5) is 38.6. The number of nitrogens with zero attached hydrogens (tertiary/aromatic N) is 2. The first-order valence-corrected chi connectivity index (χ1v) is 8.10. The van der Waals surface area contributed by atoms with E-state index >= 15 is 0 Å². The van der Waals surface area contributed by atoms with Gasteiger partial charge in [-0.25, -0.2) is 0 Å². The standard InChI is InChI=1S/C17H33N3O3/c1-16(2,3)15(23)20(10-8-9-13(21)14(18)22)12-11-19(7)17(4,5)6/h8-12H2,1-7H3,(H2,18,22). The van der Waals surface area contributed by atoms with Gasteiger partial charge in [-0.05, 0) is 34.2 Å². The molecule has 0 saturated carbocycles. The molecule has 2 amide bonds. The van der Waals surface area contributed by atoms with Gasteiger partial charge in [0.15, 0.2) is 0 Å². The van der Waals surface area contributed by atoms with Crippen LogP contribution in [0.3, 0.4) is 0 Å². The molecule has 23 heavy (non-hydrogen) atoms. The lowest BCUT2D eigenvalue weighted by Gasteiger charge is -2.35. The summed E-state index contributed by atoms with van der Waals surface area (Å²) in [7, 11) is 2.02. The van der Waals surface area contributed by atoms with Gasteiger partial charge < -0.3 is 10.6 Å². The van der Waals surface area contributed by atoms with Crippen LogP contribution in [0.5, 0.6) is 0 Å². The number of hydrogen-bond donors (Lipinski definition) is 1. The van der Waals surface area contributed by atoms with E-state index in [1.165, 1.54) is 0 Å². The first kappa shape index (κ1) is 21.6. The van der Waals surface area contributed by atoms with Crippen molar-refractivity contribution in [1.29, 1.82) is 0 Å². The Hall–Kier alpha value is -1.43. The molecule has 0 bridgehead atoms. The Morgan fingerprint density at radius 3 is 1.83 bits per heavy atom. The van der Waals surface area contributed by atoms with Crippen LogP contribution >= 0.6 is 0 Å². The van der Waals surface area contributed by atoms with Gasteiger partial charge in [0.2, 0.25) is 11.7 Å². The zero-order chi connectivity index (χ0) is 18.4. The Bertz CT molecular complexity index is 433. The van der Waals surface area contributed by atoms with Crippen LogP contribution in [0.4, 0.5) is 0 Å². The fourth-order valence-corrected chi connectivity index (χ4v) is 1.95. The molecule has 0 atom stereocenters. The lowest BCUT2D eigenvalue weighted by Crippen LogP contribution is -2.47. The average Bonchev–Trinajstić information content (AvgIpc) is 2.38. The Labute approximate surface area is 140 Å². The summed E-state index contributed by atoms with van der Waals surface area (Å²) in [5, 5.41) is 0. The normalized spacial score (nSPS) is 12.3. The van der Waals surface area contributed by atoms with Crippen molar-refractivity contribution in [2.75, 3.05) is 26.7 Å². The average molecular weight is 327 g/mol. The van der Waals surface area contributed by atoms with E-state index in [2.05, 4.69) is 25.7 Å². The van der Waals surface area contributed by atoms with Crippen LogP contribution in [-0.4, -0.2) is 59.6 Å². The maximum Gasteiger partial charge on any atom is 0.284 e. The summed E-state index contributed by atoms with van der Waals surface area (Å²) in [6, 6.07) is 0. The minimum atomic E-state index is -0.911. The predicted molar refractivity (Wildman–Crippen MR) is 91.9 cm³/mol. The highest BCUT2D eigenvalue weighted by Crippen LogP contribution is 2.18. The van der Waals surface area contributed by atoms with Gasteiger partial charge >= 0.3 is 0 Å². The van der Waals surface area contributed by atoms with Crippen molar-refractivity contribution in [1.82, 2.24) is 9.80 Å². The Kier molecular flexibility index (Phi) is 7.91. The number of primary amides is 1. The summed E-state index contributed by atoms with van der Waals surface area (Å²) >= 11 is 0. The highest BCUT2D eigenvalue weighted by molar-refractivity contribution is 6.35. The number of carbonyl (C=O) groups excluding carboxylic acids is 3. The number of Topliss-reactive ketones (excluding diaryl/α,β-unsaturated/α-hetero) is 1. The van der Waals surface area contributed by atoms with Crippen molar-refractivity contribution in [3.05, 3.63) is 0 Å². The van der Waals surface area contributed by atoms with Crippen LogP contribution in [0.15, 0.2) is 0 Å². The Balaban J connectivity index is 4.74. The van der Waals surface area contributed by atoms with E-state index in [1.54, 1.807) is 4.90 Å². The molecule has 6 nitrogen and oxygen atoms in total. The van der Waals surface area contributed by atoms with Gasteiger partial charge in [-0.15, -0.1) is 0 Å². The van der Waals surface area contributed by atoms with Gasteiger partial charge in [0.05, 0.1) is 0 Å². The fraction of sp³-hybridized carbons (Fsp3) is 0.824. The largest absolute Gasteiger partial charge is 0.363 e. The number of hydrogen-bond acceptors (Lipinski definition) is 4. The topological polar surface area (TPSA) is 83.7 Å². The van der Waals surface area contributed by atoms with Gasteiger partial charge in [0.1, 0.15) is 0 Å². The molecule has 6 heteroatoms. The van der Waals surface area contributed by atoms with Crippen molar-refractivity contribution < 1.29 is 14.4 Å². The number of rotatable bonds is 8. The number of ketones is 1. The van der Waals surface area contributed by atoms with E-state index in [4.69, 9.17) is 5.73 Å². The summed E-state index contributed by atoms with van der Waals surface area (Å²) < 4.78 is 0. The lowest BCUT2D eigenvalue weighted by molar-refractivity contribution is -0.140. The second-order valence-electron chi connectivity index (χ2n) is 8.03. The van der Waals surface area contributed by atoms with E-state index in [9.17, 15) is 14.4 Å². The van der Waals surface area contributed by atoms with Crippen molar-refractivity contribution in [3.63, 3.8) is 0 Å². The van der Waals surface area contributed by atoms with Gasteiger partial charge in [-0.3, -0.25) is 19.3 Å². The highest BCUT2D eigenvalue weighted by Gasteiger charge is 2.28. The summed E-state index contributed by atoms with van der Waals surface area (Å²) in [6.45, 7) is 13.8. The number of amides is 2. The van der Waals surface area contributed by atoms with Gasteiger partial charge in [-0.2, -0.15) is 0 Å². The van der Waals surface area contributed by atoms with Crippen molar-refractivity contribution in [3.8, 4) is 0 Å². The zero-order valence-corrected chi connectivity index (χ0v) is 15.7. The molecule has 0 heterocycles. The summed E-state index contributed by atoms with van der Waals surface area (Å²) in [6.07, 6.45) is 0.529. The second kappa shape index (κ2) is 8.43. The Morgan fingerprint density at radius 1 is 0.913 bits per heavy atom. The molecule has 134 valence electrons. The van der Waals surface area contributed by atoms with E-state index in [0.29, 0.717) is 19.5 Å². The third-order valence-electron chi connectivity index (χ3n) is 3.89. The third kappa shape index (κ3) is 8.11. The van der Waals surface area contributed by atoms with Crippen LogP contribution in [0.2, 0.25) is 0 Å². The van der Waals surface area contributed by atoms with Crippen molar-refractivity contribution in [2.24, 2.45) is 11.1 Å². The molecule has 0 radical (unpaired) electrons. The lowest BCUT2D eigenvalue weighted by atomic mass is 9.94. The number of nitrogens with two attached hydrogens (primary N) is 1. The zero-order valence-electron chi connectivity index (χ0n) is 15.7. The van der Waals surface area contributed by atoms with Crippen LogP contribution in [0.1, 0.15) is 54.4 Å². The van der Waals surface area contributed by atoms with E-state index in [0.717, 1.165) is 6.54 Å². The van der Waals surface area contributed by atoms with Gasteiger partial charge in [-0.1, -0.05) is 20.8 Å². The van der Waals surface area contributed by atoms with Crippen LogP contribution in [-0.2, 0) is 14.4 Å². The molecule has 0 aliphatic rings. The maximum atomic E-state index is 12.6. The first-order chi connectivity index (χ1) is 10.3. The molecular formula is C17H33N3O3. The molecule has 2 N–H and O–H groups in total. The van der Waals surface area contributed by atoms with Crippen LogP contribution in [0.25, 0.3) is 0 Å². The first-order valence-electron chi connectivity index (χ1n) is 8.10. The number of carbonyl (C=O) groups is 3. The number of likely N-dealkylation sites (N-methyl/N-ethyl adjacent to an activating group) is 1. The molecule has 0 saturated heterocycles. The van der Waals surface area contributed by atoms with Gasteiger partial charge in [0.25, 0.3) is 5.91 Å². The molecule has 0 aromatic heterocycles. The maximum absolute atomic E-state index is 12.6. The smallest absolute Gasteiger partial charge is 0.284 e. The highest BCUT2D eigenvalue weighted by atomic mass is 16.2. The second-order valence-corrected chi connectivity index (χ2v) is 8.03. The van der Waals surface area contributed by atoms with Crippen LogP contribution in [0, 0.1) is 5.41 Å². The van der Waals surface area contributed by atoms with Crippen molar-refractivity contribution in [2.45, 2.75) is 59.9 Å². The van der Waals surface area contributed by atoms with Crippen molar-refractivity contribution >= 4 is 17.6 Å². The summed E-state index contributed by atoms with van der Waals surface area (Å²) in [5.74, 6) is -1.45.